The number of rotatable bonds is 5. The molecule has 0 saturated heterocycles. The number of hydrogen-bond donors (Lipinski definition) is 2. The smallest absolute Gasteiger partial charge is 0.119 e. The zero-order valence-corrected chi connectivity index (χ0v) is 12.5. The highest BCUT2D eigenvalue weighted by Gasteiger charge is 2.13. The number of aliphatic hydroxyl groups excluding tert-OH is 1. The first-order chi connectivity index (χ1) is 10.8. The summed E-state index contributed by atoms with van der Waals surface area (Å²) in [6, 6.07) is 18.4. The summed E-state index contributed by atoms with van der Waals surface area (Å²) in [5.41, 5.74) is 2.23. The third-order valence-corrected chi connectivity index (χ3v) is 3.79. The van der Waals surface area contributed by atoms with Crippen molar-refractivity contribution < 1.29 is 9.84 Å². The largest absolute Gasteiger partial charge is 0.489 e. The van der Waals surface area contributed by atoms with Crippen LogP contribution in [0.3, 0.4) is 0 Å². The lowest BCUT2D eigenvalue weighted by molar-refractivity contribution is 0.202. The zero-order chi connectivity index (χ0) is 15.2. The molecule has 2 aromatic rings. The second-order valence-corrected chi connectivity index (χ2v) is 5.58. The predicted molar refractivity (Wildman–Crippen MR) is 89.0 cm³/mol. The van der Waals surface area contributed by atoms with Crippen molar-refractivity contribution >= 4 is 5.69 Å². The van der Waals surface area contributed by atoms with Crippen molar-refractivity contribution in [2.45, 2.75) is 31.6 Å². The minimum Gasteiger partial charge on any atom is -0.489 e. The van der Waals surface area contributed by atoms with E-state index in [0.29, 0.717) is 12.6 Å². The average molecular weight is 295 g/mol. The maximum atomic E-state index is 9.45. The summed E-state index contributed by atoms with van der Waals surface area (Å²) in [4.78, 5) is 0. The Balaban J connectivity index is 1.53. The van der Waals surface area contributed by atoms with Crippen molar-refractivity contribution in [1.82, 2.24) is 0 Å². The first-order valence-corrected chi connectivity index (χ1v) is 7.69. The fourth-order valence-electron chi connectivity index (χ4n) is 2.53. The number of nitrogens with one attached hydrogen (secondary N) is 1. The van der Waals surface area contributed by atoms with E-state index in [4.69, 9.17) is 4.74 Å². The van der Waals surface area contributed by atoms with Crippen LogP contribution in [-0.2, 0) is 6.61 Å². The maximum absolute atomic E-state index is 9.45. The lowest BCUT2D eigenvalue weighted by Crippen LogP contribution is -2.23. The van der Waals surface area contributed by atoms with Gasteiger partial charge in [-0.1, -0.05) is 42.5 Å². The van der Waals surface area contributed by atoms with Gasteiger partial charge in [-0.2, -0.15) is 0 Å². The molecule has 0 bridgehead atoms. The van der Waals surface area contributed by atoms with Gasteiger partial charge in [0.15, 0.2) is 0 Å². The van der Waals surface area contributed by atoms with Gasteiger partial charge in [0, 0.05) is 11.7 Å². The van der Waals surface area contributed by atoms with E-state index in [2.05, 4.69) is 17.4 Å². The molecule has 0 fully saturated rings. The lowest BCUT2D eigenvalue weighted by atomic mass is 10.0. The first-order valence-electron chi connectivity index (χ1n) is 7.69. The molecule has 0 unspecified atom stereocenters. The van der Waals surface area contributed by atoms with Crippen LogP contribution in [0.15, 0.2) is 66.7 Å². The summed E-state index contributed by atoms with van der Waals surface area (Å²) < 4.78 is 5.78. The molecule has 2 N–H and O–H groups in total. The van der Waals surface area contributed by atoms with E-state index >= 15 is 0 Å². The molecule has 22 heavy (non-hydrogen) atoms. The minimum atomic E-state index is -0.285. The highest BCUT2D eigenvalue weighted by atomic mass is 16.5. The normalized spacial score (nSPS) is 20.6. The first kappa shape index (κ1) is 14.7. The van der Waals surface area contributed by atoms with Gasteiger partial charge in [0.2, 0.25) is 0 Å². The third kappa shape index (κ3) is 4.12. The van der Waals surface area contributed by atoms with Gasteiger partial charge in [-0.05, 0) is 42.7 Å². The molecule has 0 heterocycles. The topological polar surface area (TPSA) is 41.5 Å². The van der Waals surface area contributed by atoms with Gasteiger partial charge in [-0.25, -0.2) is 0 Å². The van der Waals surface area contributed by atoms with Crippen molar-refractivity contribution in [2.24, 2.45) is 0 Å². The fraction of sp³-hybridized carbons (Fsp3) is 0.263. The van der Waals surface area contributed by atoms with Crippen molar-refractivity contribution in [3.8, 4) is 5.75 Å². The van der Waals surface area contributed by atoms with Gasteiger partial charge in [-0.3, -0.25) is 0 Å². The number of benzene rings is 2. The van der Waals surface area contributed by atoms with E-state index in [1.54, 1.807) is 0 Å². The van der Waals surface area contributed by atoms with Crippen LogP contribution in [0, 0.1) is 0 Å². The molecule has 114 valence electrons. The third-order valence-electron chi connectivity index (χ3n) is 3.79. The fourth-order valence-corrected chi connectivity index (χ4v) is 2.53. The van der Waals surface area contributed by atoms with Crippen LogP contribution in [0.1, 0.15) is 18.4 Å². The summed E-state index contributed by atoms with van der Waals surface area (Å²) in [6.07, 6.45) is 5.37. The monoisotopic (exact) mass is 295 g/mol. The van der Waals surface area contributed by atoms with E-state index in [1.165, 1.54) is 0 Å². The summed E-state index contributed by atoms with van der Waals surface area (Å²) in [6.45, 7) is 0.580. The Morgan fingerprint density at radius 2 is 1.73 bits per heavy atom. The van der Waals surface area contributed by atoms with Gasteiger partial charge >= 0.3 is 0 Å². The van der Waals surface area contributed by atoms with Crippen molar-refractivity contribution in [3.05, 3.63) is 72.3 Å². The average Bonchev–Trinajstić information content (AvgIpc) is 2.57. The summed E-state index contributed by atoms with van der Waals surface area (Å²) >= 11 is 0. The molecule has 3 nitrogen and oxygen atoms in total. The molecule has 2 aromatic carbocycles. The zero-order valence-electron chi connectivity index (χ0n) is 12.5. The molecular weight excluding hydrogens is 274 g/mol. The number of aliphatic hydroxyl groups is 1. The van der Waals surface area contributed by atoms with E-state index < -0.39 is 0 Å². The van der Waals surface area contributed by atoms with E-state index in [0.717, 1.165) is 29.8 Å². The van der Waals surface area contributed by atoms with Crippen LogP contribution in [0.4, 0.5) is 5.69 Å². The molecule has 3 heteroatoms. The van der Waals surface area contributed by atoms with Crippen LogP contribution >= 0.6 is 0 Å². The Labute approximate surface area is 131 Å². The molecule has 0 saturated carbocycles. The van der Waals surface area contributed by atoms with Gasteiger partial charge in [0.05, 0.1) is 6.10 Å². The Morgan fingerprint density at radius 1 is 0.955 bits per heavy atom. The van der Waals surface area contributed by atoms with Crippen LogP contribution in [0.2, 0.25) is 0 Å². The van der Waals surface area contributed by atoms with Crippen LogP contribution < -0.4 is 10.1 Å². The Bertz CT molecular complexity index is 607. The Kier molecular flexibility index (Phi) is 4.76. The van der Waals surface area contributed by atoms with Gasteiger partial charge in [0.25, 0.3) is 0 Å². The second-order valence-electron chi connectivity index (χ2n) is 5.58. The van der Waals surface area contributed by atoms with Gasteiger partial charge < -0.3 is 15.2 Å². The van der Waals surface area contributed by atoms with Crippen LogP contribution in [-0.4, -0.2) is 17.3 Å². The van der Waals surface area contributed by atoms with E-state index in [9.17, 15) is 5.11 Å². The van der Waals surface area contributed by atoms with E-state index in [-0.39, 0.29) is 6.10 Å². The van der Waals surface area contributed by atoms with Crippen molar-refractivity contribution in [2.75, 3.05) is 5.32 Å². The minimum absolute atomic E-state index is 0.285. The molecule has 1 aliphatic carbocycles. The molecular formula is C19H21NO2. The standard InChI is InChI=1S/C19H21NO2/c21-18-10-6-16(7-11-18)20-17-8-12-19(13-9-17)22-14-15-4-2-1-3-5-15/h1-6,8-10,12-13,16,18,20-21H,7,11,14H2/t16-,18+/m1/s1. The maximum Gasteiger partial charge on any atom is 0.119 e. The highest BCUT2D eigenvalue weighted by Crippen LogP contribution is 2.20. The molecule has 0 amide bonds. The quantitative estimate of drug-likeness (QED) is 0.825. The van der Waals surface area contributed by atoms with Crippen molar-refractivity contribution in [3.63, 3.8) is 0 Å². The Hall–Kier alpha value is -2.26. The SMILES string of the molecule is O[C@H]1C=C[C@@H](Nc2ccc(OCc3ccccc3)cc2)CC1. The number of ether oxygens (including phenoxy) is 1. The molecule has 3 rings (SSSR count). The van der Waals surface area contributed by atoms with Crippen molar-refractivity contribution in [1.29, 1.82) is 0 Å². The number of hydrogen-bond acceptors (Lipinski definition) is 3. The molecule has 2 atom stereocenters. The second kappa shape index (κ2) is 7.14. The molecule has 0 radical (unpaired) electrons. The summed E-state index contributed by atoms with van der Waals surface area (Å²) in [7, 11) is 0. The van der Waals surface area contributed by atoms with Crippen LogP contribution in [0.25, 0.3) is 0 Å². The summed E-state index contributed by atoms with van der Waals surface area (Å²) in [5.74, 6) is 0.865. The molecule has 0 aliphatic heterocycles. The van der Waals surface area contributed by atoms with Crippen LogP contribution in [0.5, 0.6) is 5.75 Å². The highest BCUT2D eigenvalue weighted by molar-refractivity contribution is 5.48. The van der Waals surface area contributed by atoms with E-state index in [1.807, 2.05) is 54.6 Å². The Morgan fingerprint density at radius 3 is 2.41 bits per heavy atom. The number of anilines is 1. The molecule has 0 aromatic heterocycles. The van der Waals surface area contributed by atoms with Gasteiger partial charge in [-0.15, -0.1) is 0 Å². The molecule has 1 aliphatic rings. The molecule has 0 spiro atoms. The summed E-state index contributed by atoms with van der Waals surface area (Å²) in [5, 5.41) is 12.9. The lowest BCUT2D eigenvalue weighted by Gasteiger charge is -2.21. The predicted octanol–water partition coefficient (Wildman–Crippen LogP) is 3.76. The van der Waals surface area contributed by atoms with Gasteiger partial charge in [0.1, 0.15) is 12.4 Å².